The molecule has 0 saturated heterocycles. The third kappa shape index (κ3) is 8.92. The number of amides is 1. The van der Waals surface area contributed by atoms with Crippen LogP contribution in [-0.2, 0) is 22.4 Å². The van der Waals surface area contributed by atoms with Crippen molar-refractivity contribution in [2.45, 2.75) is 63.5 Å². The molecule has 0 fully saturated rings. The molecule has 0 heterocycles. The van der Waals surface area contributed by atoms with Crippen LogP contribution in [0.1, 0.15) is 49.7 Å². The number of hydrogen-bond acceptors (Lipinski definition) is 3. The van der Waals surface area contributed by atoms with E-state index in [0.29, 0.717) is 12.8 Å². The average molecular weight is 397 g/mol. The number of unbranched alkanes of at least 4 members (excludes halogenated alkanes) is 2. The highest BCUT2D eigenvalue weighted by molar-refractivity contribution is 5.86. The maximum atomic E-state index is 12.3. The normalized spacial score (nSPS) is 12.9. The van der Waals surface area contributed by atoms with Crippen LogP contribution in [0.3, 0.4) is 0 Å². The van der Waals surface area contributed by atoms with Crippen LogP contribution in [0.5, 0.6) is 0 Å². The van der Waals surface area contributed by atoms with E-state index in [-0.39, 0.29) is 5.91 Å². The van der Waals surface area contributed by atoms with Crippen molar-refractivity contribution in [2.75, 3.05) is 0 Å². The summed E-state index contributed by atoms with van der Waals surface area (Å²) in [5.41, 5.74) is 8.48. The summed E-state index contributed by atoms with van der Waals surface area (Å²) in [7, 11) is 0. The zero-order valence-corrected chi connectivity index (χ0v) is 16.9. The predicted octanol–water partition coefficient (Wildman–Crippen LogP) is 3.71. The van der Waals surface area contributed by atoms with Crippen molar-refractivity contribution in [1.82, 2.24) is 5.32 Å². The first-order chi connectivity index (χ1) is 14.1. The number of rotatable bonds is 13. The van der Waals surface area contributed by atoms with Gasteiger partial charge in [0.05, 0.1) is 6.04 Å². The molecule has 5 nitrogen and oxygen atoms in total. The second kappa shape index (κ2) is 12.7. The van der Waals surface area contributed by atoms with E-state index < -0.39 is 18.1 Å². The van der Waals surface area contributed by atoms with Crippen LogP contribution in [-0.4, -0.2) is 29.1 Å². The first kappa shape index (κ1) is 22.6. The Kier molecular flexibility index (Phi) is 9.93. The molecule has 4 N–H and O–H groups in total. The number of nitrogens with one attached hydrogen (secondary N) is 1. The van der Waals surface area contributed by atoms with Crippen LogP contribution in [0, 0.1) is 0 Å². The first-order valence-electron chi connectivity index (χ1n) is 10.4. The highest BCUT2D eigenvalue weighted by Crippen LogP contribution is 2.10. The van der Waals surface area contributed by atoms with Crippen molar-refractivity contribution in [3.63, 3.8) is 0 Å². The number of carbonyl (C=O) groups excluding carboxylic acids is 1. The summed E-state index contributed by atoms with van der Waals surface area (Å²) in [4.78, 5) is 23.8. The van der Waals surface area contributed by atoms with Crippen molar-refractivity contribution in [3.05, 3.63) is 71.8 Å². The van der Waals surface area contributed by atoms with Gasteiger partial charge in [-0.3, -0.25) is 4.79 Å². The van der Waals surface area contributed by atoms with Crippen molar-refractivity contribution in [1.29, 1.82) is 0 Å². The first-order valence-corrected chi connectivity index (χ1v) is 10.4. The second-order valence-corrected chi connectivity index (χ2v) is 7.47. The van der Waals surface area contributed by atoms with Crippen molar-refractivity contribution >= 4 is 11.9 Å². The molecule has 2 rings (SSSR count). The topological polar surface area (TPSA) is 92.4 Å². The Bertz CT molecular complexity index is 734. The molecular formula is C24H32N2O3. The Morgan fingerprint density at radius 1 is 0.793 bits per heavy atom. The zero-order chi connectivity index (χ0) is 20.9. The number of hydrogen-bond donors (Lipinski definition) is 3. The van der Waals surface area contributed by atoms with Crippen LogP contribution in [0.4, 0.5) is 0 Å². The predicted molar refractivity (Wildman–Crippen MR) is 116 cm³/mol. The Morgan fingerprint density at radius 3 is 1.76 bits per heavy atom. The highest BCUT2D eigenvalue weighted by atomic mass is 16.4. The maximum absolute atomic E-state index is 12.3. The third-order valence-corrected chi connectivity index (χ3v) is 5.08. The quantitative estimate of drug-likeness (QED) is 0.450. The molecule has 0 radical (unpaired) electrons. The minimum Gasteiger partial charge on any atom is -0.480 e. The molecule has 0 unspecified atom stereocenters. The van der Waals surface area contributed by atoms with Crippen molar-refractivity contribution < 1.29 is 14.7 Å². The fraction of sp³-hybridized carbons (Fsp3) is 0.417. The summed E-state index contributed by atoms with van der Waals surface area (Å²) in [5, 5.41) is 12.0. The molecule has 0 aliphatic carbocycles. The van der Waals surface area contributed by atoms with Crippen LogP contribution in [0.15, 0.2) is 60.7 Å². The summed E-state index contributed by atoms with van der Waals surface area (Å²) in [6.45, 7) is 0. The van der Waals surface area contributed by atoms with E-state index in [1.807, 2.05) is 36.4 Å². The van der Waals surface area contributed by atoms with E-state index in [2.05, 4.69) is 29.6 Å². The molecule has 2 aromatic rings. The average Bonchev–Trinajstić information content (AvgIpc) is 2.74. The lowest BCUT2D eigenvalue weighted by Crippen LogP contribution is -2.48. The lowest BCUT2D eigenvalue weighted by molar-refractivity contribution is -0.142. The molecular weight excluding hydrogens is 364 g/mol. The van der Waals surface area contributed by atoms with Crippen molar-refractivity contribution in [2.24, 2.45) is 5.73 Å². The monoisotopic (exact) mass is 396 g/mol. The lowest BCUT2D eigenvalue weighted by Gasteiger charge is -2.18. The number of carboxylic acids is 1. The van der Waals surface area contributed by atoms with Gasteiger partial charge in [-0.2, -0.15) is 0 Å². The summed E-state index contributed by atoms with van der Waals surface area (Å²) in [6.07, 6.45) is 6.23. The molecule has 156 valence electrons. The van der Waals surface area contributed by atoms with Gasteiger partial charge in [-0.05, 0) is 49.7 Å². The molecule has 2 atom stereocenters. The van der Waals surface area contributed by atoms with Crippen LogP contribution >= 0.6 is 0 Å². The van der Waals surface area contributed by atoms with Gasteiger partial charge in [0.25, 0.3) is 0 Å². The molecule has 0 spiro atoms. The van der Waals surface area contributed by atoms with E-state index in [9.17, 15) is 14.7 Å². The summed E-state index contributed by atoms with van der Waals surface area (Å²) < 4.78 is 0. The molecule has 0 aliphatic rings. The van der Waals surface area contributed by atoms with Gasteiger partial charge in [-0.25, -0.2) is 4.79 Å². The molecule has 5 heteroatoms. The fourth-order valence-electron chi connectivity index (χ4n) is 3.33. The minimum absolute atomic E-state index is 0.375. The third-order valence-electron chi connectivity index (χ3n) is 5.08. The van der Waals surface area contributed by atoms with Crippen LogP contribution in [0.25, 0.3) is 0 Å². The number of aryl methyl sites for hydroxylation is 2. The van der Waals surface area contributed by atoms with E-state index in [4.69, 9.17) is 5.73 Å². The number of benzene rings is 2. The zero-order valence-electron chi connectivity index (χ0n) is 16.9. The van der Waals surface area contributed by atoms with E-state index in [1.54, 1.807) is 0 Å². The Morgan fingerprint density at radius 2 is 1.28 bits per heavy atom. The van der Waals surface area contributed by atoms with E-state index in [0.717, 1.165) is 38.5 Å². The largest absolute Gasteiger partial charge is 0.480 e. The SMILES string of the molecule is N[C@@H](CCCCc1ccccc1)C(=O)N[C@@H](CCCCc1ccccc1)C(=O)O. The van der Waals surface area contributed by atoms with Gasteiger partial charge in [0.15, 0.2) is 0 Å². The Labute approximate surface area is 173 Å². The summed E-state index contributed by atoms with van der Waals surface area (Å²) in [6, 6.07) is 18.7. The van der Waals surface area contributed by atoms with Crippen LogP contribution < -0.4 is 11.1 Å². The van der Waals surface area contributed by atoms with Gasteiger partial charge in [-0.1, -0.05) is 73.5 Å². The van der Waals surface area contributed by atoms with Gasteiger partial charge >= 0.3 is 5.97 Å². The Balaban J connectivity index is 1.65. The molecule has 0 bridgehead atoms. The highest BCUT2D eigenvalue weighted by Gasteiger charge is 2.22. The van der Waals surface area contributed by atoms with Gasteiger partial charge in [0, 0.05) is 0 Å². The molecule has 0 aliphatic heterocycles. The minimum atomic E-state index is -1.01. The smallest absolute Gasteiger partial charge is 0.326 e. The summed E-state index contributed by atoms with van der Waals surface area (Å²) in [5.74, 6) is -1.38. The molecule has 2 aromatic carbocycles. The van der Waals surface area contributed by atoms with E-state index >= 15 is 0 Å². The molecule has 1 amide bonds. The maximum Gasteiger partial charge on any atom is 0.326 e. The van der Waals surface area contributed by atoms with Gasteiger partial charge in [-0.15, -0.1) is 0 Å². The molecule has 29 heavy (non-hydrogen) atoms. The van der Waals surface area contributed by atoms with Crippen molar-refractivity contribution in [3.8, 4) is 0 Å². The standard InChI is InChI=1S/C24H32N2O3/c25-21(17-9-7-15-19-11-3-1-4-12-19)23(27)26-22(24(28)29)18-10-8-16-20-13-5-2-6-14-20/h1-6,11-14,21-22H,7-10,15-18,25H2,(H,26,27)(H,28,29)/t21-,22-/m0/s1. The van der Waals surface area contributed by atoms with Gasteiger partial charge < -0.3 is 16.2 Å². The van der Waals surface area contributed by atoms with Crippen LogP contribution in [0.2, 0.25) is 0 Å². The van der Waals surface area contributed by atoms with Gasteiger partial charge in [0.1, 0.15) is 6.04 Å². The fourth-order valence-corrected chi connectivity index (χ4v) is 3.33. The van der Waals surface area contributed by atoms with Gasteiger partial charge in [0.2, 0.25) is 5.91 Å². The number of aliphatic carboxylic acids is 1. The number of carboxylic acid groups (broad SMARTS) is 1. The number of nitrogens with two attached hydrogens (primary N) is 1. The molecule has 0 saturated carbocycles. The Hall–Kier alpha value is -2.66. The number of carbonyl (C=O) groups is 2. The van der Waals surface area contributed by atoms with E-state index in [1.165, 1.54) is 11.1 Å². The second-order valence-electron chi connectivity index (χ2n) is 7.47. The summed E-state index contributed by atoms with van der Waals surface area (Å²) >= 11 is 0. The molecule has 0 aromatic heterocycles. The lowest BCUT2D eigenvalue weighted by atomic mass is 10.0.